The van der Waals surface area contributed by atoms with Crippen LogP contribution in [0.5, 0.6) is 0 Å². The zero-order valence-corrected chi connectivity index (χ0v) is 11.4. The molecule has 17 heavy (non-hydrogen) atoms. The Morgan fingerprint density at radius 1 is 1.35 bits per heavy atom. The molecule has 0 aromatic heterocycles. The molecule has 1 aromatic carbocycles. The lowest BCUT2D eigenvalue weighted by molar-refractivity contribution is 0.263. The SMILES string of the molecule is OCCC1CCN(c2ccc(CO)c(Br)c2)C1. The second-order valence-corrected chi connectivity index (χ2v) is 5.40. The standard InChI is InChI=1S/C13H18BrNO2/c14-13-7-12(2-1-11(13)9-17)15-5-3-10(8-15)4-6-16/h1-2,7,10,16-17H,3-6,8-9H2. The average Bonchev–Trinajstić information content (AvgIpc) is 2.78. The van der Waals surface area contributed by atoms with E-state index in [1.165, 1.54) is 5.69 Å². The minimum atomic E-state index is 0.0635. The van der Waals surface area contributed by atoms with Crippen molar-refractivity contribution in [1.29, 1.82) is 0 Å². The molecule has 1 saturated heterocycles. The molecule has 0 radical (unpaired) electrons. The van der Waals surface area contributed by atoms with E-state index < -0.39 is 0 Å². The lowest BCUT2D eigenvalue weighted by Gasteiger charge is -2.19. The number of aliphatic hydroxyl groups excluding tert-OH is 2. The summed E-state index contributed by atoms with van der Waals surface area (Å²) in [5.41, 5.74) is 2.11. The molecule has 94 valence electrons. The maximum Gasteiger partial charge on any atom is 0.0692 e. The number of aliphatic hydroxyl groups is 2. The highest BCUT2D eigenvalue weighted by Crippen LogP contribution is 2.29. The van der Waals surface area contributed by atoms with Crippen LogP contribution in [-0.4, -0.2) is 29.9 Å². The maximum atomic E-state index is 9.12. The molecule has 0 bridgehead atoms. The summed E-state index contributed by atoms with van der Waals surface area (Å²) in [6.07, 6.45) is 2.05. The van der Waals surface area contributed by atoms with Crippen LogP contribution < -0.4 is 4.90 Å². The molecule has 4 heteroatoms. The first-order valence-corrected chi connectivity index (χ1v) is 6.79. The zero-order valence-electron chi connectivity index (χ0n) is 9.77. The first-order chi connectivity index (χ1) is 8.24. The summed E-state index contributed by atoms with van der Waals surface area (Å²) >= 11 is 3.47. The molecule has 0 saturated carbocycles. The number of hydrogen-bond donors (Lipinski definition) is 2. The van der Waals surface area contributed by atoms with E-state index in [0.29, 0.717) is 5.92 Å². The van der Waals surface area contributed by atoms with Crippen molar-refractivity contribution in [3.8, 4) is 0 Å². The van der Waals surface area contributed by atoms with Crippen molar-refractivity contribution in [3.63, 3.8) is 0 Å². The zero-order chi connectivity index (χ0) is 12.3. The molecule has 1 aliphatic heterocycles. The molecule has 1 heterocycles. The average molecular weight is 300 g/mol. The van der Waals surface area contributed by atoms with E-state index in [0.717, 1.165) is 36.0 Å². The third kappa shape index (κ3) is 3.00. The summed E-state index contributed by atoms with van der Waals surface area (Å²) in [6, 6.07) is 6.07. The first kappa shape index (κ1) is 12.9. The van der Waals surface area contributed by atoms with Crippen LogP contribution in [-0.2, 0) is 6.61 Å². The molecule has 1 atom stereocenters. The summed E-state index contributed by atoms with van der Waals surface area (Å²) in [5, 5.41) is 18.1. The Balaban J connectivity index is 2.06. The molecule has 0 spiro atoms. The minimum absolute atomic E-state index is 0.0635. The molecule has 1 unspecified atom stereocenters. The van der Waals surface area contributed by atoms with E-state index in [2.05, 4.69) is 33.0 Å². The van der Waals surface area contributed by atoms with Gasteiger partial charge in [0.15, 0.2) is 0 Å². The van der Waals surface area contributed by atoms with Gasteiger partial charge in [0.2, 0.25) is 0 Å². The molecule has 2 N–H and O–H groups in total. The van der Waals surface area contributed by atoms with Gasteiger partial charge in [0.25, 0.3) is 0 Å². The highest BCUT2D eigenvalue weighted by atomic mass is 79.9. The highest BCUT2D eigenvalue weighted by Gasteiger charge is 2.22. The van der Waals surface area contributed by atoms with Gasteiger partial charge in [-0.15, -0.1) is 0 Å². The Morgan fingerprint density at radius 3 is 2.82 bits per heavy atom. The summed E-state index contributed by atoms with van der Waals surface area (Å²) in [5.74, 6) is 0.608. The second kappa shape index (κ2) is 5.85. The van der Waals surface area contributed by atoms with Gasteiger partial charge >= 0.3 is 0 Å². The first-order valence-electron chi connectivity index (χ1n) is 5.99. The maximum absolute atomic E-state index is 9.12. The van der Waals surface area contributed by atoms with Crippen LogP contribution in [0.15, 0.2) is 22.7 Å². The number of rotatable bonds is 4. The summed E-state index contributed by atoms with van der Waals surface area (Å²) < 4.78 is 0.961. The fourth-order valence-corrected chi connectivity index (χ4v) is 2.84. The second-order valence-electron chi connectivity index (χ2n) is 4.55. The van der Waals surface area contributed by atoms with Gasteiger partial charge in [0.05, 0.1) is 6.61 Å². The van der Waals surface area contributed by atoms with Gasteiger partial charge in [-0.25, -0.2) is 0 Å². The van der Waals surface area contributed by atoms with Crippen molar-refractivity contribution in [2.24, 2.45) is 5.92 Å². The van der Waals surface area contributed by atoms with Crippen molar-refractivity contribution >= 4 is 21.6 Å². The Kier molecular flexibility index (Phi) is 4.42. The molecule has 1 aromatic rings. The fraction of sp³-hybridized carbons (Fsp3) is 0.538. The molecule has 2 rings (SSSR count). The van der Waals surface area contributed by atoms with E-state index in [-0.39, 0.29) is 13.2 Å². The van der Waals surface area contributed by atoms with E-state index >= 15 is 0 Å². The van der Waals surface area contributed by atoms with Gasteiger partial charge in [0.1, 0.15) is 0 Å². The number of hydrogen-bond acceptors (Lipinski definition) is 3. The van der Waals surface area contributed by atoms with Gasteiger partial charge in [-0.05, 0) is 36.5 Å². The van der Waals surface area contributed by atoms with Crippen LogP contribution in [0.3, 0.4) is 0 Å². The largest absolute Gasteiger partial charge is 0.396 e. The van der Waals surface area contributed by atoms with Gasteiger partial charge in [-0.3, -0.25) is 0 Å². The van der Waals surface area contributed by atoms with E-state index in [9.17, 15) is 0 Å². The van der Waals surface area contributed by atoms with Gasteiger partial charge in [0, 0.05) is 29.9 Å². The Bertz CT molecular complexity index is 384. The monoisotopic (exact) mass is 299 g/mol. The molecule has 0 amide bonds. The molecule has 0 aliphatic carbocycles. The van der Waals surface area contributed by atoms with Crippen molar-refractivity contribution < 1.29 is 10.2 Å². The number of anilines is 1. The quantitative estimate of drug-likeness (QED) is 0.895. The van der Waals surface area contributed by atoms with Crippen molar-refractivity contribution in [1.82, 2.24) is 0 Å². The normalized spacial score (nSPS) is 19.9. The molecule has 1 fully saturated rings. The van der Waals surface area contributed by atoms with Crippen molar-refractivity contribution in [2.75, 3.05) is 24.6 Å². The van der Waals surface area contributed by atoms with Gasteiger partial charge in [-0.1, -0.05) is 22.0 Å². The molecule has 3 nitrogen and oxygen atoms in total. The molecule has 1 aliphatic rings. The third-order valence-corrected chi connectivity index (χ3v) is 4.13. The van der Waals surface area contributed by atoms with E-state index in [1.807, 2.05) is 6.07 Å². The third-order valence-electron chi connectivity index (χ3n) is 3.40. The Labute approximate surface area is 110 Å². The van der Waals surface area contributed by atoms with Crippen LogP contribution in [0.2, 0.25) is 0 Å². The van der Waals surface area contributed by atoms with Crippen molar-refractivity contribution in [3.05, 3.63) is 28.2 Å². The van der Waals surface area contributed by atoms with Crippen LogP contribution in [0.4, 0.5) is 5.69 Å². The van der Waals surface area contributed by atoms with Crippen molar-refractivity contribution in [2.45, 2.75) is 19.4 Å². The summed E-state index contributed by atoms with van der Waals surface area (Å²) in [6.45, 7) is 2.42. The summed E-state index contributed by atoms with van der Waals surface area (Å²) in [7, 11) is 0. The van der Waals surface area contributed by atoms with Crippen LogP contribution in [0.1, 0.15) is 18.4 Å². The summed E-state index contributed by atoms with van der Waals surface area (Å²) in [4.78, 5) is 2.34. The van der Waals surface area contributed by atoms with Crippen LogP contribution in [0.25, 0.3) is 0 Å². The predicted molar refractivity (Wildman–Crippen MR) is 72.1 cm³/mol. The molecular weight excluding hydrogens is 282 g/mol. The van der Waals surface area contributed by atoms with Gasteiger partial charge < -0.3 is 15.1 Å². The van der Waals surface area contributed by atoms with E-state index in [4.69, 9.17) is 10.2 Å². The Hall–Kier alpha value is -0.580. The lowest BCUT2D eigenvalue weighted by Crippen LogP contribution is -2.19. The smallest absolute Gasteiger partial charge is 0.0692 e. The lowest BCUT2D eigenvalue weighted by atomic mass is 10.1. The van der Waals surface area contributed by atoms with Gasteiger partial charge in [-0.2, -0.15) is 0 Å². The van der Waals surface area contributed by atoms with Crippen LogP contribution in [0, 0.1) is 5.92 Å². The topological polar surface area (TPSA) is 43.7 Å². The predicted octanol–water partition coefficient (Wildman–Crippen LogP) is 2.15. The number of halogens is 1. The number of nitrogens with zero attached hydrogens (tertiary/aromatic N) is 1. The van der Waals surface area contributed by atoms with Crippen LogP contribution >= 0.6 is 15.9 Å². The minimum Gasteiger partial charge on any atom is -0.396 e. The highest BCUT2D eigenvalue weighted by molar-refractivity contribution is 9.10. The molecular formula is C13H18BrNO2. The Morgan fingerprint density at radius 2 is 2.18 bits per heavy atom. The fourth-order valence-electron chi connectivity index (χ4n) is 2.35. The van der Waals surface area contributed by atoms with E-state index in [1.54, 1.807) is 0 Å². The number of benzene rings is 1.